The quantitative estimate of drug-likeness (QED) is 0.209. The second-order valence-electron chi connectivity index (χ2n) is 7.98. The smallest absolute Gasteiger partial charge is 0.0713 e. The fourth-order valence-electron chi connectivity index (χ4n) is 4.14. The molecule has 0 nitrogen and oxygen atoms in total. The molecule has 3 rings (SSSR count). The molecule has 3 heteroatoms. The summed E-state index contributed by atoms with van der Waals surface area (Å²) in [5.41, 5.74) is 7.27. The van der Waals surface area contributed by atoms with Crippen LogP contribution in [-0.2, 0) is 12.8 Å². The van der Waals surface area contributed by atoms with E-state index in [1.165, 1.54) is 69.9 Å². The van der Waals surface area contributed by atoms with E-state index >= 15 is 0 Å². The van der Waals surface area contributed by atoms with Gasteiger partial charge in [0.05, 0.1) is 3.23 Å². The van der Waals surface area contributed by atoms with Crippen molar-refractivity contribution < 1.29 is 0 Å². The predicted octanol–water partition coefficient (Wildman–Crippen LogP) is 8.65. The lowest BCUT2D eigenvalue weighted by Gasteiger charge is -2.09. The van der Waals surface area contributed by atoms with Crippen LogP contribution in [0.3, 0.4) is 0 Å². The zero-order chi connectivity index (χ0) is 19.6. The highest BCUT2D eigenvalue weighted by Gasteiger charge is 2.63. The monoisotopic (exact) mass is 602 g/mol. The highest BCUT2D eigenvalue weighted by molar-refractivity contribution is 14.1. The first-order chi connectivity index (χ1) is 12.9. The molecule has 0 heterocycles. The van der Waals surface area contributed by atoms with Crippen LogP contribution < -0.4 is 0 Å². The van der Waals surface area contributed by atoms with Gasteiger partial charge in [0.1, 0.15) is 0 Å². The van der Waals surface area contributed by atoms with Crippen molar-refractivity contribution in [3.8, 4) is 0 Å². The van der Waals surface area contributed by atoms with Crippen molar-refractivity contribution in [2.75, 3.05) is 0 Å². The summed E-state index contributed by atoms with van der Waals surface area (Å²) in [5.74, 6) is 0.961. The summed E-state index contributed by atoms with van der Waals surface area (Å²) in [6.07, 6.45) is 7.39. The summed E-state index contributed by atoms with van der Waals surface area (Å²) in [6, 6.07) is 14.3. The van der Waals surface area contributed by atoms with Crippen molar-refractivity contribution in [1.29, 1.82) is 0 Å². The Morgan fingerprint density at radius 1 is 0.815 bits per heavy atom. The van der Waals surface area contributed by atoms with Gasteiger partial charge in [0.15, 0.2) is 0 Å². The van der Waals surface area contributed by atoms with Crippen LogP contribution in [0.2, 0.25) is 0 Å². The van der Waals surface area contributed by atoms with E-state index in [4.69, 9.17) is 0 Å². The minimum absolute atomic E-state index is 0.0255. The summed E-state index contributed by atoms with van der Waals surface area (Å²) in [5, 5.41) is 0. The van der Waals surface area contributed by atoms with Gasteiger partial charge in [0, 0.05) is 15.4 Å². The molecule has 146 valence electrons. The van der Waals surface area contributed by atoms with Crippen LogP contribution in [0.1, 0.15) is 79.2 Å². The van der Waals surface area contributed by atoms with E-state index < -0.39 is 0 Å². The van der Waals surface area contributed by atoms with E-state index in [-0.39, 0.29) is 3.23 Å². The Labute approximate surface area is 195 Å². The fourth-order valence-corrected chi connectivity index (χ4v) is 6.75. The van der Waals surface area contributed by atoms with E-state index in [0.29, 0.717) is 11.8 Å². The largest absolute Gasteiger partial charge is 0.0954 e. The molecule has 0 unspecified atom stereocenters. The molecule has 1 saturated carbocycles. The molecule has 0 bridgehead atoms. The summed E-state index contributed by atoms with van der Waals surface area (Å²) in [4.78, 5) is 0. The Morgan fingerprint density at radius 3 is 1.89 bits per heavy atom. The number of hydrogen-bond donors (Lipinski definition) is 0. The number of aryl methyl sites for hydroxylation is 3. The molecule has 27 heavy (non-hydrogen) atoms. The third kappa shape index (κ3) is 5.19. The number of alkyl halides is 2. The third-order valence-electron chi connectivity index (χ3n) is 5.55. The van der Waals surface area contributed by atoms with Gasteiger partial charge in [-0.15, -0.1) is 0 Å². The van der Waals surface area contributed by atoms with E-state index in [1.807, 2.05) is 0 Å². The van der Waals surface area contributed by atoms with Gasteiger partial charge in [-0.25, -0.2) is 0 Å². The van der Waals surface area contributed by atoms with Crippen LogP contribution in [0.25, 0.3) is 0 Å². The van der Waals surface area contributed by atoms with Gasteiger partial charge in [0.25, 0.3) is 0 Å². The minimum Gasteiger partial charge on any atom is -0.0713 e. The molecular weight excluding hydrogens is 575 g/mol. The van der Waals surface area contributed by atoms with Gasteiger partial charge in [0.2, 0.25) is 0 Å². The Hall–Kier alpha value is 0.130. The minimum atomic E-state index is -0.0255. The summed E-state index contributed by atoms with van der Waals surface area (Å²) in [7, 11) is 0. The van der Waals surface area contributed by atoms with E-state index in [9.17, 15) is 0 Å². The average molecular weight is 604 g/mol. The molecule has 1 aliphatic rings. The molecule has 0 aliphatic heterocycles. The van der Waals surface area contributed by atoms with Crippen molar-refractivity contribution in [3.05, 3.63) is 67.8 Å². The molecule has 0 N–H and O–H groups in total. The molecule has 0 saturated heterocycles. The van der Waals surface area contributed by atoms with Gasteiger partial charge >= 0.3 is 0 Å². The SMILES string of the molecule is CCCCc1cc(C)cc([C@@H]2[C@@H](c3cc(I)cc(CCCC)c3)C2(Br)Br)c1. The normalized spacial score (nSPS) is 20.7. The van der Waals surface area contributed by atoms with Crippen molar-refractivity contribution in [2.24, 2.45) is 0 Å². The van der Waals surface area contributed by atoms with Crippen LogP contribution in [0, 0.1) is 10.5 Å². The first kappa shape index (κ1) is 21.8. The van der Waals surface area contributed by atoms with Crippen molar-refractivity contribution in [3.63, 3.8) is 0 Å². The summed E-state index contributed by atoms with van der Waals surface area (Å²) < 4.78 is 1.33. The third-order valence-corrected chi connectivity index (χ3v) is 8.14. The molecule has 0 aromatic heterocycles. The molecule has 0 spiro atoms. The van der Waals surface area contributed by atoms with E-state index in [1.54, 1.807) is 0 Å². The van der Waals surface area contributed by atoms with Crippen LogP contribution in [0.15, 0.2) is 36.4 Å². The molecule has 0 radical (unpaired) electrons. The van der Waals surface area contributed by atoms with Crippen molar-refractivity contribution in [1.82, 2.24) is 0 Å². The summed E-state index contributed by atoms with van der Waals surface area (Å²) in [6.45, 7) is 6.76. The summed E-state index contributed by atoms with van der Waals surface area (Å²) >= 11 is 10.5. The number of hydrogen-bond acceptors (Lipinski definition) is 0. The van der Waals surface area contributed by atoms with E-state index in [0.717, 1.165) is 0 Å². The zero-order valence-electron chi connectivity index (χ0n) is 16.5. The standard InChI is InChI=1S/C24H29Br2I/c1-4-6-8-17-10-16(3)11-19(12-17)22-23(24(22,25)26)20-13-18(9-7-5-2)14-21(27)15-20/h10-15,22-23H,4-9H2,1-3H3/t22-,23-/m1/s1. The maximum absolute atomic E-state index is 4.01. The first-order valence-corrected chi connectivity index (χ1v) is 12.8. The Morgan fingerprint density at radius 2 is 1.33 bits per heavy atom. The maximum Gasteiger partial charge on any atom is 0.0954 e. The first-order valence-electron chi connectivity index (χ1n) is 10.1. The lowest BCUT2D eigenvalue weighted by atomic mass is 9.97. The lowest BCUT2D eigenvalue weighted by molar-refractivity contribution is 0.791. The second kappa shape index (κ2) is 9.30. The zero-order valence-corrected chi connectivity index (χ0v) is 21.8. The highest BCUT2D eigenvalue weighted by Crippen LogP contribution is 2.72. The Balaban J connectivity index is 1.89. The van der Waals surface area contributed by atoms with Crippen LogP contribution in [0.4, 0.5) is 0 Å². The predicted molar refractivity (Wildman–Crippen MR) is 134 cm³/mol. The molecule has 0 amide bonds. The van der Waals surface area contributed by atoms with Gasteiger partial charge in [-0.05, 0) is 89.6 Å². The van der Waals surface area contributed by atoms with Crippen LogP contribution in [-0.4, -0.2) is 3.23 Å². The number of benzene rings is 2. The second-order valence-corrected chi connectivity index (χ2v) is 12.9. The van der Waals surface area contributed by atoms with Crippen LogP contribution in [0.5, 0.6) is 0 Å². The molecular formula is C24H29Br2I. The van der Waals surface area contributed by atoms with Crippen molar-refractivity contribution in [2.45, 2.75) is 74.4 Å². The van der Waals surface area contributed by atoms with Gasteiger partial charge in [-0.3, -0.25) is 0 Å². The average Bonchev–Trinajstić information content (AvgIpc) is 3.19. The fraction of sp³-hybridized carbons (Fsp3) is 0.500. The molecule has 2 aromatic rings. The topological polar surface area (TPSA) is 0 Å². The maximum atomic E-state index is 4.01. The highest BCUT2D eigenvalue weighted by atomic mass is 127. The van der Waals surface area contributed by atoms with E-state index in [2.05, 4.69) is 112 Å². The van der Waals surface area contributed by atoms with Gasteiger partial charge < -0.3 is 0 Å². The molecule has 2 aromatic carbocycles. The van der Waals surface area contributed by atoms with Gasteiger partial charge in [-0.1, -0.05) is 88.4 Å². The lowest BCUT2D eigenvalue weighted by Crippen LogP contribution is -1.93. The van der Waals surface area contributed by atoms with Crippen molar-refractivity contribution >= 4 is 54.5 Å². The molecule has 1 aliphatic carbocycles. The Bertz CT molecular complexity index is 731. The van der Waals surface area contributed by atoms with Crippen LogP contribution >= 0.6 is 54.5 Å². The number of halogens is 3. The number of unbranched alkanes of at least 4 members (excludes halogenated alkanes) is 2. The van der Waals surface area contributed by atoms with Gasteiger partial charge in [-0.2, -0.15) is 0 Å². The molecule has 2 atom stereocenters. The molecule has 1 fully saturated rings. The number of rotatable bonds is 8. The Kier molecular flexibility index (Phi) is 7.52.